The van der Waals surface area contributed by atoms with E-state index in [4.69, 9.17) is 5.73 Å². The van der Waals surface area contributed by atoms with Crippen molar-refractivity contribution in [3.8, 4) is 5.75 Å². The summed E-state index contributed by atoms with van der Waals surface area (Å²) in [6.45, 7) is 1.67. The van der Waals surface area contributed by atoms with E-state index >= 15 is 0 Å². The van der Waals surface area contributed by atoms with Crippen molar-refractivity contribution in [1.82, 2.24) is 0 Å². The normalized spacial score (nSPS) is 16.1. The van der Waals surface area contributed by atoms with E-state index in [9.17, 15) is 14.7 Å². The van der Waals surface area contributed by atoms with Gasteiger partial charge in [-0.25, -0.2) is 0 Å². The summed E-state index contributed by atoms with van der Waals surface area (Å²) in [7, 11) is 0. The number of rotatable bonds is 1. The van der Waals surface area contributed by atoms with Crippen molar-refractivity contribution >= 4 is 35.3 Å². The first-order valence-corrected chi connectivity index (χ1v) is 8.18. The SMILES string of the molecule is Cl.Nc1c(N2CCCCC2)cc(O)c2c1C(=O)c1ccccc1C2=O. The lowest BCUT2D eigenvalue weighted by molar-refractivity contribution is 0.0977. The molecule has 1 saturated heterocycles. The lowest BCUT2D eigenvalue weighted by Crippen LogP contribution is -2.31. The minimum absolute atomic E-state index is 0. The molecule has 2 aliphatic rings. The van der Waals surface area contributed by atoms with Crippen molar-refractivity contribution in [2.45, 2.75) is 19.3 Å². The van der Waals surface area contributed by atoms with Crippen LogP contribution in [-0.2, 0) is 0 Å². The summed E-state index contributed by atoms with van der Waals surface area (Å²) in [4.78, 5) is 27.7. The maximum absolute atomic E-state index is 12.9. The second-order valence-corrected chi connectivity index (χ2v) is 6.33. The fourth-order valence-electron chi connectivity index (χ4n) is 3.68. The summed E-state index contributed by atoms with van der Waals surface area (Å²) in [5, 5.41) is 10.5. The summed E-state index contributed by atoms with van der Waals surface area (Å²) >= 11 is 0. The van der Waals surface area contributed by atoms with Crippen molar-refractivity contribution in [2.24, 2.45) is 0 Å². The Labute approximate surface area is 151 Å². The molecular weight excluding hydrogens is 340 g/mol. The van der Waals surface area contributed by atoms with Crippen LogP contribution in [0.2, 0.25) is 0 Å². The molecule has 1 heterocycles. The van der Waals surface area contributed by atoms with Gasteiger partial charge in [0.15, 0.2) is 11.6 Å². The van der Waals surface area contributed by atoms with Crippen LogP contribution in [0.3, 0.4) is 0 Å². The molecule has 0 spiro atoms. The lowest BCUT2D eigenvalue weighted by Gasteiger charge is -2.31. The van der Waals surface area contributed by atoms with E-state index in [-0.39, 0.29) is 46.5 Å². The molecule has 2 aromatic rings. The number of piperidine rings is 1. The first-order chi connectivity index (χ1) is 11.6. The van der Waals surface area contributed by atoms with Crippen LogP contribution >= 0.6 is 12.4 Å². The molecular formula is C19H19ClN2O3. The van der Waals surface area contributed by atoms with E-state index < -0.39 is 0 Å². The third kappa shape index (κ3) is 2.55. The summed E-state index contributed by atoms with van der Waals surface area (Å²) in [5.74, 6) is -0.825. The van der Waals surface area contributed by atoms with Gasteiger partial charge in [0.05, 0.1) is 22.5 Å². The molecule has 0 saturated carbocycles. The van der Waals surface area contributed by atoms with Crippen LogP contribution in [-0.4, -0.2) is 29.8 Å². The molecule has 6 heteroatoms. The Hall–Kier alpha value is -2.53. The molecule has 0 bridgehead atoms. The highest BCUT2D eigenvalue weighted by Gasteiger charge is 2.35. The van der Waals surface area contributed by atoms with Gasteiger partial charge in [-0.3, -0.25) is 9.59 Å². The van der Waals surface area contributed by atoms with Gasteiger partial charge in [0, 0.05) is 30.3 Å². The van der Waals surface area contributed by atoms with Crippen LogP contribution in [0.15, 0.2) is 30.3 Å². The number of hydrogen-bond donors (Lipinski definition) is 2. The van der Waals surface area contributed by atoms with Crippen molar-refractivity contribution in [1.29, 1.82) is 0 Å². The third-order valence-corrected chi connectivity index (χ3v) is 4.89. The number of halogens is 1. The van der Waals surface area contributed by atoms with Crippen LogP contribution in [0.25, 0.3) is 0 Å². The number of carbonyl (C=O) groups is 2. The maximum Gasteiger partial charge on any atom is 0.198 e. The average Bonchev–Trinajstić information content (AvgIpc) is 2.62. The number of nitrogen functional groups attached to an aromatic ring is 1. The van der Waals surface area contributed by atoms with Crippen LogP contribution in [0, 0.1) is 0 Å². The van der Waals surface area contributed by atoms with E-state index in [1.54, 1.807) is 24.3 Å². The Morgan fingerprint density at radius 3 is 2.08 bits per heavy atom. The van der Waals surface area contributed by atoms with Gasteiger partial charge in [-0.2, -0.15) is 0 Å². The molecule has 0 atom stereocenters. The highest BCUT2D eigenvalue weighted by molar-refractivity contribution is 6.31. The Bertz CT molecular complexity index is 873. The second-order valence-electron chi connectivity index (χ2n) is 6.33. The standard InChI is InChI=1S/C19H18N2O3.ClH/c20-17-13(21-8-4-1-5-9-21)10-14(22)15-16(17)19(24)12-7-3-2-6-11(12)18(15)23;/h2-3,6-7,10,22H,1,4-5,8-9,20H2;1H. The van der Waals surface area contributed by atoms with Crippen LogP contribution in [0.1, 0.15) is 51.1 Å². The number of fused-ring (bicyclic) bond motifs is 2. The molecule has 1 fully saturated rings. The van der Waals surface area contributed by atoms with Crippen LogP contribution in [0.4, 0.5) is 11.4 Å². The summed E-state index contributed by atoms with van der Waals surface area (Å²) in [6.07, 6.45) is 3.26. The molecule has 4 rings (SSSR count). The zero-order valence-corrected chi connectivity index (χ0v) is 14.4. The van der Waals surface area contributed by atoms with E-state index in [1.165, 1.54) is 6.07 Å². The van der Waals surface area contributed by atoms with Crippen molar-refractivity contribution < 1.29 is 14.7 Å². The van der Waals surface area contributed by atoms with Gasteiger partial charge in [-0.05, 0) is 19.3 Å². The predicted octanol–water partition coefficient (Wildman–Crippen LogP) is 3.16. The monoisotopic (exact) mass is 358 g/mol. The molecule has 0 amide bonds. The number of aromatic hydroxyl groups is 1. The number of anilines is 2. The minimum atomic E-state index is -0.352. The van der Waals surface area contributed by atoms with Crippen LogP contribution in [0.5, 0.6) is 5.75 Å². The molecule has 0 aromatic heterocycles. The predicted molar refractivity (Wildman–Crippen MR) is 99.1 cm³/mol. The molecule has 25 heavy (non-hydrogen) atoms. The van der Waals surface area contributed by atoms with Gasteiger partial charge in [-0.1, -0.05) is 24.3 Å². The smallest absolute Gasteiger partial charge is 0.198 e. The number of nitrogens with zero attached hydrogens (tertiary/aromatic N) is 1. The van der Waals surface area contributed by atoms with Gasteiger partial charge in [0.1, 0.15) is 5.75 Å². The van der Waals surface area contributed by atoms with Gasteiger partial charge in [0.2, 0.25) is 0 Å². The Balaban J connectivity index is 0.00000182. The molecule has 3 N–H and O–H groups in total. The lowest BCUT2D eigenvalue weighted by atomic mass is 9.82. The molecule has 0 unspecified atom stereocenters. The summed E-state index contributed by atoms with van der Waals surface area (Å²) < 4.78 is 0. The van der Waals surface area contributed by atoms with E-state index in [0.717, 1.165) is 32.4 Å². The molecule has 2 aromatic carbocycles. The van der Waals surface area contributed by atoms with Gasteiger partial charge in [-0.15, -0.1) is 12.4 Å². The average molecular weight is 359 g/mol. The fourth-order valence-corrected chi connectivity index (χ4v) is 3.68. The highest BCUT2D eigenvalue weighted by atomic mass is 35.5. The fraction of sp³-hybridized carbons (Fsp3) is 0.263. The molecule has 1 aliphatic heterocycles. The Morgan fingerprint density at radius 1 is 0.920 bits per heavy atom. The van der Waals surface area contributed by atoms with Crippen LogP contribution < -0.4 is 10.6 Å². The first-order valence-electron chi connectivity index (χ1n) is 8.18. The number of phenols is 1. The third-order valence-electron chi connectivity index (χ3n) is 4.89. The molecule has 130 valence electrons. The largest absolute Gasteiger partial charge is 0.507 e. The van der Waals surface area contributed by atoms with Gasteiger partial charge < -0.3 is 15.7 Å². The van der Waals surface area contributed by atoms with Crippen molar-refractivity contribution in [3.05, 3.63) is 52.6 Å². The van der Waals surface area contributed by atoms with Crippen molar-refractivity contribution in [2.75, 3.05) is 23.7 Å². The van der Waals surface area contributed by atoms with E-state index in [0.29, 0.717) is 16.8 Å². The number of phenolic OH excluding ortho intramolecular Hbond substituents is 1. The quantitative estimate of drug-likeness (QED) is 0.515. The first kappa shape index (κ1) is 17.3. The number of benzene rings is 2. The van der Waals surface area contributed by atoms with Gasteiger partial charge >= 0.3 is 0 Å². The van der Waals surface area contributed by atoms with Gasteiger partial charge in [0.25, 0.3) is 0 Å². The summed E-state index contributed by atoms with van der Waals surface area (Å²) in [6, 6.07) is 8.19. The molecule has 1 aliphatic carbocycles. The second kappa shape index (κ2) is 6.41. The number of carbonyl (C=O) groups excluding carboxylic acids is 2. The summed E-state index contributed by atoms with van der Waals surface area (Å²) in [5.41, 5.74) is 8.04. The Morgan fingerprint density at radius 2 is 1.48 bits per heavy atom. The number of nitrogens with two attached hydrogens (primary N) is 1. The molecule has 0 radical (unpaired) electrons. The molecule has 5 nitrogen and oxygen atoms in total. The maximum atomic E-state index is 12.9. The highest BCUT2D eigenvalue weighted by Crippen LogP contribution is 2.41. The number of ketones is 2. The topological polar surface area (TPSA) is 83.6 Å². The van der Waals surface area contributed by atoms with Crippen molar-refractivity contribution in [3.63, 3.8) is 0 Å². The van der Waals surface area contributed by atoms with E-state index in [2.05, 4.69) is 4.90 Å². The van der Waals surface area contributed by atoms with E-state index in [1.807, 2.05) is 0 Å². The minimum Gasteiger partial charge on any atom is -0.507 e. The zero-order valence-electron chi connectivity index (χ0n) is 13.6. The zero-order chi connectivity index (χ0) is 16.8. The Kier molecular flexibility index (Phi) is 4.43. The number of hydrogen-bond acceptors (Lipinski definition) is 5.